The molecule has 1 aromatic carbocycles. The van der Waals surface area contributed by atoms with E-state index in [1.165, 1.54) is 25.0 Å². The fourth-order valence-corrected chi connectivity index (χ4v) is 2.04. The molecule has 3 heteroatoms. The zero-order valence-electron chi connectivity index (χ0n) is 13.0. The highest BCUT2D eigenvalue weighted by Gasteiger charge is 2.30. The zero-order valence-corrected chi connectivity index (χ0v) is 13.0. The third kappa shape index (κ3) is 4.87. The Morgan fingerprint density at radius 2 is 1.85 bits per heavy atom. The van der Waals surface area contributed by atoms with Crippen molar-refractivity contribution >= 4 is 5.97 Å². The second-order valence-electron chi connectivity index (χ2n) is 5.94. The van der Waals surface area contributed by atoms with Gasteiger partial charge in [-0.2, -0.15) is 0 Å². The molecular weight excluding hydrogens is 252 g/mol. The van der Waals surface area contributed by atoms with Gasteiger partial charge in [0.05, 0.1) is 5.56 Å². The highest BCUT2D eigenvalue weighted by atomic mass is 16.6. The molecule has 1 rings (SSSR count). The number of carbonyl (C=O) groups is 1. The van der Waals surface area contributed by atoms with Gasteiger partial charge >= 0.3 is 5.97 Å². The average Bonchev–Trinajstić information content (AvgIpc) is 2.39. The molecule has 0 aliphatic heterocycles. The first-order valence-corrected chi connectivity index (χ1v) is 7.39. The molecule has 0 heterocycles. The number of phenols is 1. The van der Waals surface area contributed by atoms with Gasteiger partial charge in [-0.15, -0.1) is 0 Å². The maximum absolute atomic E-state index is 12.1. The number of ether oxygens (including phenoxy) is 1. The largest absolute Gasteiger partial charge is 0.508 e. The summed E-state index contributed by atoms with van der Waals surface area (Å²) in [6, 6.07) is 6.15. The van der Waals surface area contributed by atoms with Crippen molar-refractivity contribution in [3.63, 3.8) is 0 Å². The van der Waals surface area contributed by atoms with Gasteiger partial charge in [0, 0.05) is 0 Å². The van der Waals surface area contributed by atoms with Gasteiger partial charge in [-0.1, -0.05) is 33.1 Å². The van der Waals surface area contributed by atoms with E-state index in [9.17, 15) is 9.90 Å². The van der Waals surface area contributed by atoms with Crippen LogP contribution in [0.1, 0.15) is 63.7 Å². The van der Waals surface area contributed by atoms with Gasteiger partial charge in [-0.25, -0.2) is 4.79 Å². The van der Waals surface area contributed by atoms with E-state index in [4.69, 9.17) is 4.74 Å². The first-order valence-electron chi connectivity index (χ1n) is 7.39. The molecule has 0 aliphatic rings. The minimum Gasteiger partial charge on any atom is -0.508 e. The smallest absolute Gasteiger partial charge is 0.338 e. The Labute approximate surface area is 122 Å². The van der Waals surface area contributed by atoms with Gasteiger partial charge < -0.3 is 9.84 Å². The summed E-state index contributed by atoms with van der Waals surface area (Å²) in [5.74, 6) is 0.126. The highest BCUT2D eigenvalue weighted by Crippen LogP contribution is 2.27. The summed E-state index contributed by atoms with van der Waals surface area (Å²) in [7, 11) is 0. The number of unbranched alkanes of at least 4 members (excludes halogenated alkanes) is 2. The standard InChI is InChI=1S/C17H26O3/c1-5-6-7-8-13(2)17(3,4)20-16(19)14-9-11-15(18)12-10-14/h9-13,18H,5-8H2,1-4H3/t13-/m1/s1. The number of aromatic hydroxyl groups is 1. The van der Waals surface area contributed by atoms with Crippen LogP contribution in [0.2, 0.25) is 0 Å². The Morgan fingerprint density at radius 3 is 2.40 bits per heavy atom. The molecular formula is C17H26O3. The fraction of sp³-hybridized carbons (Fsp3) is 0.588. The third-order valence-corrected chi connectivity index (χ3v) is 3.89. The average molecular weight is 278 g/mol. The lowest BCUT2D eigenvalue weighted by Gasteiger charge is -2.31. The van der Waals surface area contributed by atoms with Crippen molar-refractivity contribution < 1.29 is 14.6 Å². The number of rotatable bonds is 7. The maximum Gasteiger partial charge on any atom is 0.338 e. The van der Waals surface area contributed by atoms with Crippen LogP contribution in [0, 0.1) is 5.92 Å². The lowest BCUT2D eigenvalue weighted by atomic mass is 9.88. The van der Waals surface area contributed by atoms with Crippen LogP contribution in [0.15, 0.2) is 24.3 Å². The topological polar surface area (TPSA) is 46.5 Å². The number of benzene rings is 1. The van der Waals surface area contributed by atoms with E-state index < -0.39 is 5.60 Å². The minimum atomic E-state index is -0.483. The van der Waals surface area contributed by atoms with E-state index in [0.29, 0.717) is 11.5 Å². The van der Waals surface area contributed by atoms with E-state index in [2.05, 4.69) is 13.8 Å². The van der Waals surface area contributed by atoms with Crippen LogP contribution in [0.25, 0.3) is 0 Å². The molecule has 0 aliphatic carbocycles. The molecule has 1 atom stereocenters. The number of hydrogen-bond acceptors (Lipinski definition) is 3. The minimum absolute atomic E-state index is 0.147. The number of esters is 1. The van der Waals surface area contributed by atoms with E-state index in [-0.39, 0.29) is 11.7 Å². The van der Waals surface area contributed by atoms with Crippen LogP contribution >= 0.6 is 0 Å². The quantitative estimate of drug-likeness (QED) is 0.588. The third-order valence-electron chi connectivity index (χ3n) is 3.89. The molecule has 0 bridgehead atoms. The first-order chi connectivity index (χ1) is 9.36. The summed E-state index contributed by atoms with van der Waals surface area (Å²) in [6.45, 7) is 8.23. The van der Waals surface area contributed by atoms with Crippen LogP contribution in [0.3, 0.4) is 0 Å². The molecule has 0 aromatic heterocycles. The first kappa shape index (κ1) is 16.5. The van der Waals surface area contributed by atoms with Crippen LogP contribution in [0.4, 0.5) is 0 Å². The number of phenolic OH excluding ortho intramolecular Hbond substituents is 1. The van der Waals surface area contributed by atoms with Crippen molar-refractivity contribution in [3.8, 4) is 5.75 Å². The van der Waals surface area contributed by atoms with Gasteiger partial charge in [0.2, 0.25) is 0 Å². The van der Waals surface area contributed by atoms with Gasteiger partial charge in [0.1, 0.15) is 11.4 Å². The van der Waals surface area contributed by atoms with E-state index >= 15 is 0 Å². The highest BCUT2D eigenvalue weighted by molar-refractivity contribution is 5.89. The molecule has 1 N–H and O–H groups in total. The molecule has 1 aromatic rings. The Morgan fingerprint density at radius 1 is 1.25 bits per heavy atom. The summed E-state index contributed by atoms with van der Waals surface area (Å²) in [5.41, 5.74) is -0.0143. The van der Waals surface area contributed by atoms with E-state index in [1.54, 1.807) is 12.1 Å². The predicted molar refractivity (Wildman–Crippen MR) is 80.9 cm³/mol. The lowest BCUT2D eigenvalue weighted by molar-refractivity contribution is -0.0282. The molecule has 20 heavy (non-hydrogen) atoms. The Bertz CT molecular complexity index is 420. The number of carbonyl (C=O) groups excluding carboxylic acids is 1. The van der Waals surface area contributed by atoms with Gasteiger partial charge in [-0.3, -0.25) is 0 Å². The molecule has 0 spiro atoms. The van der Waals surface area contributed by atoms with Crippen LogP contribution in [-0.2, 0) is 4.74 Å². The van der Waals surface area contributed by atoms with Crippen molar-refractivity contribution in [2.75, 3.05) is 0 Å². The van der Waals surface area contributed by atoms with E-state index in [1.807, 2.05) is 13.8 Å². The SMILES string of the molecule is CCCCC[C@@H](C)C(C)(C)OC(=O)c1ccc(O)cc1. The Balaban J connectivity index is 2.60. The summed E-state index contributed by atoms with van der Waals surface area (Å²) < 4.78 is 5.64. The molecule has 0 fully saturated rings. The summed E-state index contributed by atoms with van der Waals surface area (Å²) in [5, 5.41) is 9.23. The Kier molecular flexibility index (Phi) is 6.05. The summed E-state index contributed by atoms with van der Waals surface area (Å²) in [6.07, 6.45) is 4.63. The summed E-state index contributed by atoms with van der Waals surface area (Å²) in [4.78, 5) is 12.1. The lowest BCUT2D eigenvalue weighted by Crippen LogP contribution is -2.35. The molecule has 112 valence electrons. The molecule has 0 radical (unpaired) electrons. The Hall–Kier alpha value is -1.51. The van der Waals surface area contributed by atoms with Gasteiger partial charge in [0.15, 0.2) is 0 Å². The zero-order chi connectivity index (χ0) is 15.2. The second kappa shape index (κ2) is 7.32. The normalized spacial score (nSPS) is 13.0. The molecule has 0 unspecified atom stereocenters. The van der Waals surface area contributed by atoms with Crippen LogP contribution < -0.4 is 0 Å². The van der Waals surface area contributed by atoms with Crippen molar-refractivity contribution in [1.82, 2.24) is 0 Å². The monoisotopic (exact) mass is 278 g/mol. The maximum atomic E-state index is 12.1. The van der Waals surface area contributed by atoms with Crippen molar-refractivity contribution in [2.24, 2.45) is 5.92 Å². The van der Waals surface area contributed by atoms with Crippen LogP contribution in [-0.4, -0.2) is 16.7 Å². The second-order valence-corrected chi connectivity index (χ2v) is 5.94. The predicted octanol–water partition coefficient (Wildman–Crippen LogP) is 4.54. The molecule has 0 saturated heterocycles. The van der Waals surface area contributed by atoms with Crippen molar-refractivity contribution in [2.45, 2.75) is 59.0 Å². The molecule has 0 amide bonds. The fourth-order valence-electron chi connectivity index (χ4n) is 2.04. The molecule has 0 saturated carbocycles. The molecule has 3 nitrogen and oxygen atoms in total. The van der Waals surface area contributed by atoms with Crippen molar-refractivity contribution in [1.29, 1.82) is 0 Å². The van der Waals surface area contributed by atoms with Crippen molar-refractivity contribution in [3.05, 3.63) is 29.8 Å². The van der Waals surface area contributed by atoms with Gasteiger partial charge in [0.25, 0.3) is 0 Å². The van der Waals surface area contributed by atoms with Crippen LogP contribution in [0.5, 0.6) is 5.75 Å². The van der Waals surface area contributed by atoms with Gasteiger partial charge in [-0.05, 0) is 50.5 Å². The van der Waals surface area contributed by atoms with E-state index in [0.717, 1.165) is 12.8 Å². The summed E-state index contributed by atoms with van der Waals surface area (Å²) >= 11 is 0. The number of hydrogen-bond donors (Lipinski definition) is 1.